The van der Waals surface area contributed by atoms with Crippen LogP contribution in [0.3, 0.4) is 0 Å². The normalized spacial score (nSPS) is 22.3. The lowest BCUT2D eigenvalue weighted by Gasteiger charge is -2.19. The third-order valence-corrected chi connectivity index (χ3v) is 3.18. The summed E-state index contributed by atoms with van der Waals surface area (Å²) >= 11 is 0. The zero-order chi connectivity index (χ0) is 9.97. The van der Waals surface area contributed by atoms with Crippen LogP contribution in [-0.4, -0.2) is 11.2 Å². The fourth-order valence-corrected chi connectivity index (χ4v) is 2.32. The molecule has 0 aliphatic heterocycles. The van der Waals surface area contributed by atoms with Crippen LogP contribution < -0.4 is 0 Å². The first-order valence-electron chi connectivity index (χ1n) is 5.53. The summed E-state index contributed by atoms with van der Waals surface area (Å²) in [6.45, 7) is 2.15. The van der Waals surface area contributed by atoms with E-state index in [-0.39, 0.29) is 6.10 Å². The first-order chi connectivity index (χ1) is 6.77. The largest absolute Gasteiger partial charge is 0.393 e. The monoisotopic (exact) mass is 190 g/mol. The van der Waals surface area contributed by atoms with Crippen LogP contribution in [0.5, 0.6) is 0 Å². The van der Waals surface area contributed by atoms with Gasteiger partial charge in [-0.05, 0) is 49.3 Å². The van der Waals surface area contributed by atoms with E-state index in [0.717, 1.165) is 19.3 Å². The van der Waals surface area contributed by atoms with Crippen LogP contribution in [0.2, 0.25) is 0 Å². The lowest BCUT2D eigenvalue weighted by atomic mass is 9.89. The molecule has 1 aromatic rings. The van der Waals surface area contributed by atoms with E-state index in [4.69, 9.17) is 0 Å². The molecular formula is C13H18O. The second kappa shape index (κ2) is 4.14. The summed E-state index contributed by atoms with van der Waals surface area (Å²) in [5.41, 5.74) is 4.17. The number of aliphatic hydroxyl groups excluding tert-OH is 1. The predicted octanol–water partition coefficient (Wildman–Crippen LogP) is 2.62. The molecule has 0 heterocycles. The maximum absolute atomic E-state index is 9.79. The van der Waals surface area contributed by atoms with Gasteiger partial charge in [-0.1, -0.05) is 24.6 Å². The maximum Gasteiger partial charge on any atom is 0.0580 e. The van der Waals surface area contributed by atoms with E-state index in [0.29, 0.717) is 0 Å². The number of aliphatic hydroxyl groups is 1. The van der Waals surface area contributed by atoms with Gasteiger partial charge in [0.2, 0.25) is 0 Å². The number of fused-ring (bicyclic) bond motifs is 1. The summed E-state index contributed by atoms with van der Waals surface area (Å²) in [5, 5.41) is 9.79. The molecule has 1 atom stereocenters. The highest BCUT2D eigenvalue weighted by Crippen LogP contribution is 2.22. The minimum atomic E-state index is -0.129. The summed E-state index contributed by atoms with van der Waals surface area (Å²) < 4.78 is 0. The SMILES string of the molecule is Cc1cccc2c1CC(O)CCCC2. The van der Waals surface area contributed by atoms with E-state index in [1.54, 1.807) is 0 Å². The van der Waals surface area contributed by atoms with Crippen molar-refractivity contribution >= 4 is 0 Å². The first kappa shape index (κ1) is 9.72. The Morgan fingerprint density at radius 1 is 1.29 bits per heavy atom. The van der Waals surface area contributed by atoms with Gasteiger partial charge in [-0.3, -0.25) is 0 Å². The molecular weight excluding hydrogens is 172 g/mol. The molecule has 1 aliphatic carbocycles. The van der Waals surface area contributed by atoms with Crippen LogP contribution in [0.15, 0.2) is 18.2 Å². The molecule has 2 rings (SSSR count). The third kappa shape index (κ3) is 1.98. The van der Waals surface area contributed by atoms with Crippen molar-refractivity contribution in [1.29, 1.82) is 0 Å². The Kier molecular flexibility index (Phi) is 2.87. The zero-order valence-electron chi connectivity index (χ0n) is 8.79. The number of benzene rings is 1. The number of rotatable bonds is 0. The van der Waals surface area contributed by atoms with Crippen LogP contribution in [0.25, 0.3) is 0 Å². The molecule has 0 bridgehead atoms. The molecule has 76 valence electrons. The minimum Gasteiger partial charge on any atom is -0.393 e. The predicted molar refractivity (Wildman–Crippen MR) is 58.4 cm³/mol. The molecule has 0 aromatic heterocycles. The van der Waals surface area contributed by atoms with Gasteiger partial charge in [-0.15, -0.1) is 0 Å². The van der Waals surface area contributed by atoms with Gasteiger partial charge in [0, 0.05) is 0 Å². The Morgan fingerprint density at radius 3 is 3.00 bits per heavy atom. The second-order valence-electron chi connectivity index (χ2n) is 4.32. The van der Waals surface area contributed by atoms with Gasteiger partial charge in [-0.25, -0.2) is 0 Å². The quantitative estimate of drug-likeness (QED) is 0.666. The third-order valence-electron chi connectivity index (χ3n) is 3.18. The van der Waals surface area contributed by atoms with E-state index in [1.807, 2.05) is 0 Å². The topological polar surface area (TPSA) is 20.2 Å². The molecule has 0 saturated heterocycles. The lowest BCUT2D eigenvalue weighted by molar-refractivity contribution is 0.159. The van der Waals surface area contributed by atoms with Crippen molar-refractivity contribution in [3.8, 4) is 0 Å². The molecule has 1 N–H and O–H groups in total. The molecule has 0 spiro atoms. The first-order valence-corrected chi connectivity index (χ1v) is 5.53. The van der Waals surface area contributed by atoms with Crippen molar-refractivity contribution in [2.45, 2.75) is 45.1 Å². The van der Waals surface area contributed by atoms with Gasteiger partial charge in [0.1, 0.15) is 0 Å². The summed E-state index contributed by atoms with van der Waals surface area (Å²) in [7, 11) is 0. The van der Waals surface area contributed by atoms with Gasteiger partial charge in [0.05, 0.1) is 6.10 Å². The molecule has 1 heteroatoms. The van der Waals surface area contributed by atoms with Gasteiger partial charge >= 0.3 is 0 Å². The van der Waals surface area contributed by atoms with E-state index in [1.165, 1.54) is 29.5 Å². The highest BCUT2D eigenvalue weighted by molar-refractivity contribution is 5.35. The van der Waals surface area contributed by atoms with Crippen LogP contribution in [0.4, 0.5) is 0 Å². The highest BCUT2D eigenvalue weighted by Gasteiger charge is 2.14. The van der Waals surface area contributed by atoms with Crippen molar-refractivity contribution in [2.24, 2.45) is 0 Å². The van der Waals surface area contributed by atoms with E-state index in [2.05, 4.69) is 25.1 Å². The smallest absolute Gasteiger partial charge is 0.0580 e. The molecule has 1 nitrogen and oxygen atoms in total. The average Bonchev–Trinajstić information content (AvgIpc) is 2.14. The molecule has 14 heavy (non-hydrogen) atoms. The molecule has 1 aliphatic rings. The van der Waals surface area contributed by atoms with Gasteiger partial charge in [0.15, 0.2) is 0 Å². The van der Waals surface area contributed by atoms with Gasteiger partial charge < -0.3 is 5.11 Å². The van der Waals surface area contributed by atoms with Crippen molar-refractivity contribution in [2.75, 3.05) is 0 Å². The molecule has 0 radical (unpaired) electrons. The van der Waals surface area contributed by atoms with Gasteiger partial charge in [0.25, 0.3) is 0 Å². The summed E-state index contributed by atoms with van der Waals surface area (Å²) in [5.74, 6) is 0. The fraction of sp³-hybridized carbons (Fsp3) is 0.538. The Balaban J connectivity index is 2.34. The standard InChI is InChI=1S/C13H18O/c1-10-5-4-7-11-6-2-3-8-12(14)9-13(10)11/h4-5,7,12,14H,2-3,6,8-9H2,1H3. The average molecular weight is 190 g/mol. The Hall–Kier alpha value is -0.820. The molecule has 1 aromatic carbocycles. The van der Waals surface area contributed by atoms with Crippen molar-refractivity contribution < 1.29 is 5.11 Å². The van der Waals surface area contributed by atoms with Crippen molar-refractivity contribution in [3.05, 3.63) is 34.9 Å². The summed E-state index contributed by atoms with van der Waals surface area (Å²) in [6.07, 6.45) is 5.25. The number of hydrogen-bond donors (Lipinski definition) is 1. The Labute approximate surface area is 85.8 Å². The van der Waals surface area contributed by atoms with Crippen LogP contribution >= 0.6 is 0 Å². The molecule has 0 fully saturated rings. The van der Waals surface area contributed by atoms with Crippen molar-refractivity contribution in [3.63, 3.8) is 0 Å². The van der Waals surface area contributed by atoms with Gasteiger partial charge in [-0.2, -0.15) is 0 Å². The van der Waals surface area contributed by atoms with Crippen molar-refractivity contribution in [1.82, 2.24) is 0 Å². The number of hydrogen-bond acceptors (Lipinski definition) is 1. The van der Waals surface area contributed by atoms with Crippen LogP contribution in [0, 0.1) is 6.92 Å². The minimum absolute atomic E-state index is 0.129. The van der Waals surface area contributed by atoms with E-state index < -0.39 is 0 Å². The highest BCUT2D eigenvalue weighted by atomic mass is 16.3. The van der Waals surface area contributed by atoms with Crippen LogP contribution in [0.1, 0.15) is 36.0 Å². The molecule has 0 saturated carbocycles. The zero-order valence-corrected chi connectivity index (χ0v) is 8.79. The number of aryl methyl sites for hydroxylation is 2. The molecule has 0 amide bonds. The maximum atomic E-state index is 9.79. The second-order valence-corrected chi connectivity index (χ2v) is 4.32. The molecule has 1 unspecified atom stereocenters. The summed E-state index contributed by atoms with van der Waals surface area (Å²) in [4.78, 5) is 0. The lowest BCUT2D eigenvalue weighted by Crippen LogP contribution is -2.15. The van der Waals surface area contributed by atoms with E-state index in [9.17, 15) is 5.11 Å². The Bertz CT molecular complexity index is 317. The van der Waals surface area contributed by atoms with E-state index >= 15 is 0 Å². The van der Waals surface area contributed by atoms with Crippen LogP contribution in [-0.2, 0) is 12.8 Å². The fourth-order valence-electron chi connectivity index (χ4n) is 2.32. The summed E-state index contributed by atoms with van der Waals surface area (Å²) in [6, 6.07) is 6.48. The Morgan fingerprint density at radius 2 is 2.14 bits per heavy atom.